The van der Waals surface area contributed by atoms with Crippen molar-refractivity contribution in [2.24, 2.45) is 5.11 Å². The summed E-state index contributed by atoms with van der Waals surface area (Å²) in [6.45, 7) is 3.34. The van der Waals surface area contributed by atoms with Gasteiger partial charge >= 0.3 is 5.97 Å². The normalized spacial score (nSPS) is 10.2. The Labute approximate surface area is 96.4 Å². The van der Waals surface area contributed by atoms with Gasteiger partial charge < -0.3 is 10.1 Å². The maximum Gasteiger partial charge on any atom is 0.328 e. The molecule has 0 saturated carbocycles. The molecule has 17 heavy (non-hydrogen) atoms. The van der Waals surface area contributed by atoms with Gasteiger partial charge in [0.05, 0.1) is 5.69 Å². The smallest absolute Gasteiger partial charge is 0.328 e. The molecule has 0 spiro atoms. The molecule has 2 N–H and O–H groups in total. The van der Waals surface area contributed by atoms with Crippen molar-refractivity contribution in [1.82, 2.24) is 4.98 Å². The van der Waals surface area contributed by atoms with Crippen LogP contribution in [0.2, 0.25) is 0 Å². The van der Waals surface area contributed by atoms with Crippen LogP contribution in [-0.2, 0) is 4.79 Å². The van der Waals surface area contributed by atoms with Crippen LogP contribution in [0.1, 0.15) is 27.3 Å². The number of amides is 1. The molecular weight excluding hydrogens is 224 g/mol. The highest BCUT2D eigenvalue weighted by Gasteiger charge is 2.14. The van der Waals surface area contributed by atoms with Crippen LogP contribution in [0, 0.1) is 13.8 Å². The molecule has 1 aromatic rings. The minimum Gasteiger partial charge on any atom is -0.478 e. The number of hydrogen-bond acceptors (Lipinski definition) is 2. The van der Waals surface area contributed by atoms with E-state index in [2.05, 4.69) is 15.0 Å². The zero-order valence-electron chi connectivity index (χ0n) is 9.26. The minimum atomic E-state index is -1.08. The number of aryl methyl sites for hydroxylation is 1. The van der Waals surface area contributed by atoms with Gasteiger partial charge in [0.2, 0.25) is 0 Å². The van der Waals surface area contributed by atoms with Gasteiger partial charge in [-0.2, -0.15) is 0 Å². The first-order valence-corrected chi connectivity index (χ1v) is 4.67. The Balaban J connectivity index is 3.23. The molecule has 0 aromatic carbocycles. The van der Waals surface area contributed by atoms with Gasteiger partial charge in [-0.3, -0.25) is 4.79 Å². The van der Waals surface area contributed by atoms with E-state index in [0.717, 1.165) is 6.08 Å². The summed E-state index contributed by atoms with van der Waals surface area (Å²) in [6, 6.07) is 0. The lowest BCUT2D eigenvalue weighted by molar-refractivity contribution is -0.131. The van der Waals surface area contributed by atoms with E-state index in [1.165, 1.54) is 6.08 Å². The van der Waals surface area contributed by atoms with Crippen LogP contribution in [-0.4, -0.2) is 22.0 Å². The van der Waals surface area contributed by atoms with Gasteiger partial charge in [0.1, 0.15) is 0 Å². The average Bonchev–Trinajstić information content (AvgIpc) is 2.52. The van der Waals surface area contributed by atoms with Crippen molar-refractivity contribution < 1.29 is 14.7 Å². The fraction of sp³-hybridized carbons (Fsp3) is 0.200. The predicted molar refractivity (Wildman–Crippen MR) is 60.4 cm³/mol. The molecule has 0 aliphatic heterocycles. The second-order valence-corrected chi connectivity index (χ2v) is 3.33. The summed E-state index contributed by atoms with van der Waals surface area (Å²) in [6.07, 6.45) is 2.36. The second-order valence-electron chi connectivity index (χ2n) is 3.33. The van der Waals surface area contributed by atoms with Crippen molar-refractivity contribution in [1.29, 1.82) is 0 Å². The molecule has 0 radical (unpaired) electrons. The van der Waals surface area contributed by atoms with Crippen molar-refractivity contribution in [3.8, 4) is 0 Å². The lowest BCUT2D eigenvalue weighted by Gasteiger charge is -1.93. The number of carboxylic acid groups (broad SMARTS) is 1. The van der Waals surface area contributed by atoms with Crippen LogP contribution < -0.4 is 0 Å². The number of azide groups is 1. The standard InChI is InChI=1S/C10H10N4O3/c1-5-7(3-4-8(15)16)6(2)12-9(5)10(17)13-14-11/h3-4,12H,1-2H3,(H,15,16)/b4-3+. The number of carboxylic acids is 1. The van der Waals surface area contributed by atoms with E-state index in [9.17, 15) is 9.59 Å². The molecule has 0 unspecified atom stereocenters. The molecule has 0 saturated heterocycles. The summed E-state index contributed by atoms with van der Waals surface area (Å²) in [4.78, 5) is 27.0. The Kier molecular flexibility index (Phi) is 3.69. The van der Waals surface area contributed by atoms with Crippen LogP contribution in [0.4, 0.5) is 0 Å². The summed E-state index contributed by atoms with van der Waals surface area (Å²) in [5.41, 5.74) is 10.1. The molecule has 1 heterocycles. The Morgan fingerprint density at radius 3 is 2.65 bits per heavy atom. The molecule has 0 bridgehead atoms. The summed E-state index contributed by atoms with van der Waals surface area (Å²) in [5, 5.41) is 11.5. The number of hydrogen-bond donors (Lipinski definition) is 2. The third kappa shape index (κ3) is 2.73. The monoisotopic (exact) mass is 234 g/mol. The number of nitrogens with zero attached hydrogens (tertiary/aromatic N) is 3. The van der Waals surface area contributed by atoms with Crippen molar-refractivity contribution in [2.45, 2.75) is 13.8 Å². The van der Waals surface area contributed by atoms with Crippen LogP contribution in [0.15, 0.2) is 11.2 Å². The van der Waals surface area contributed by atoms with Gasteiger partial charge in [-0.25, -0.2) is 4.79 Å². The Bertz CT molecular complexity index is 550. The highest BCUT2D eigenvalue weighted by Crippen LogP contribution is 2.20. The molecular formula is C10H10N4O3. The fourth-order valence-electron chi connectivity index (χ4n) is 1.47. The number of aliphatic carboxylic acids is 1. The van der Waals surface area contributed by atoms with Crippen molar-refractivity contribution >= 4 is 18.0 Å². The molecule has 88 valence electrons. The van der Waals surface area contributed by atoms with E-state index in [1.54, 1.807) is 13.8 Å². The fourth-order valence-corrected chi connectivity index (χ4v) is 1.47. The highest BCUT2D eigenvalue weighted by atomic mass is 16.4. The van der Waals surface area contributed by atoms with Crippen molar-refractivity contribution in [3.63, 3.8) is 0 Å². The van der Waals surface area contributed by atoms with Crippen LogP contribution >= 0.6 is 0 Å². The van der Waals surface area contributed by atoms with Gasteiger partial charge in [0.25, 0.3) is 5.91 Å². The lowest BCUT2D eigenvalue weighted by Crippen LogP contribution is -1.96. The van der Waals surface area contributed by atoms with E-state index in [1.807, 2.05) is 0 Å². The number of nitrogens with one attached hydrogen (secondary N) is 1. The van der Waals surface area contributed by atoms with Crippen LogP contribution in [0.5, 0.6) is 0 Å². The van der Waals surface area contributed by atoms with Gasteiger partial charge in [-0.1, -0.05) is 0 Å². The third-order valence-electron chi connectivity index (χ3n) is 2.24. The Morgan fingerprint density at radius 1 is 1.47 bits per heavy atom. The third-order valence-corrected chi connectivity index (χ3v) is 2.24. The first kappa shape index (κ1) is 12.5. The van der Waals surface area contributed by atoms with Crippen LogP contribution in [0.25, 0.3) is 16.5 Å². The highest BCUT2D eigenvalue weighted by molar-refractivity contribution is 5.96. The number of aromatic amines is 1. The zero-order valence-corrected chi connectivity index (χ0v) is 9.26. The van der Waals surface area contributed by atoms with E-state index in [-0.39, 0.29) is 5.69 Å². The molecule has 0 aliphatic carbocycles. The first-order valence-electron chi connectivity index (χ1n) is 4.67. The molecule has 1 amide bonds. The van der Waals surface area contributed by atoms with E-state index < -0.39 is 11.9 Å². The zero-order chi connectivity index (χ0) is 13.0. The summed E-state index contributed by atoms with van der Waals surface area (Å²) in [7, 11) is 0. The Morgan fingerprint density at radius 2 is 2.12 bits per heavy atom. The Hall–Kier alpha value is -2.53. The quantitative estimate of drug-likeness (QED) is 0.361. The number of aromatic nitrogens is 1. The number of rotatable bonds is 3. The summed E-state index contributed by atoms with van der Waals surface area (Å²) >= 11 is 0. The first-order chi connectivity index (χ1) is 7.97. The SMILES string of the molecule is Cc1[nH]c(C(=O)N=[N+]=[N-])c(C)c1/C=C/C(=O)O. The van der Waals surface area contributed by atoms with Gasteiger partial charge in [0.15, 0.2) is 0 Å². The molecule has 0 fully saturated rings. The number of carbonyl (C=O) groups is 2. The number of H-pyrrole nitrogens is 1. The summed E-state index contributed by atoms with van der Waals surface area (Å²) in [5.74, 6) is -1.80. The molecule has 1 rings (SSSR count). The second kappa shape index (κ2) is 5.00. The van der Waals surface area contributed by atoms with Gasteiger partial charge in [-0.05, 0) is 41.7 Å². The minimum absolute atomic E-state index is 0.172. The summed E-state index contributed by atoms with van der Waals surface area (Å²) < 4.78 is 0. The number of carbonyl (C=O) groups excluding carboxylic acids is 1. The molecule has 1 aromatic heterocycles. The maximum atomic E-state index is 11.4. The molecule has 7 nitrogen and oxygen atoms in total. The van der Waals surface area contributed by atoms with Crippen molar-refractivity contribution in [2.75, 3.05) is 0 Å². The van der Waals surface area contributed by atoms with Gasteiger partial charge in [-0.15, -0.1) is 0 Å². The maximum absolute atomic E-state index is 11.4. The molecule has 0 aliphatic rings. The van der Waals surface area contributed by atoms with E-state index in [4.69, 9.17) is 10.6 Å². The van der Waals surface area contributed by atoms with E-state index in [0.29, 0.717) is 16.8 Å². The lowest BCUT2D eigenvalue weighted by atomic mass is 10.1. The predicted octanol–water partition coefficient (Wildman–Crippen LogP) is 2.18. The largest absolute Gasteiger partial charge is 0.478 e. The molecule has 0 atom stereocenters. The van der Waals surface area contributed by atoms with Crippen LogP contribution in [0.3, 0.4) is 0 Å². The topological polar surface area (TPSA) is 119 Å². The average molecular weight is 234 g/mol. The van der Waals surface area contributed by atoms with E-state index >= 15 is 0 Å². The van der Waals surface area contributed by atoms with Gasteiger partial charge in [0, 0.05) is 16.7 Å². The molecule has 7 heteroatoms. The van der Waals surface area contributed by atoms with Crippen molar-refractivity contribution in [3.05, 3.63) is 39.0 Å².